The van der Waals surface area contributed by atoms with Gasteiger partial charge < -0.3 is 24.8 Å². The lowest BCUT2D eigenvalue weighted by Crippen LogP contribution is -2.45. The number of carbonyl (C=O) groups is 1. The van der Waals surface area contributed by atoms with Gasteiger partial charge in [-0.1, -0.05) is 0 Å². The number of piperidine rings is 1. The fourth-order valence-electron chi connectivity index (χ4n) is 2.65. The largest absolute Gasteiger partial charge is 0.493 e. The molecule has 1 aromatic rings. The highest BCUT2D eigenvalue weighted by atomic mass is 35.5. The van der Waals surface area contributed by atoms with Crippen molar-refractivity contribution in [3.8, 4) is 17.2 Å². The lowest BCUT2D eigenvalue weighted by Gasteiger charge is -2.25. The second-order valence-corrected chi connectivity index (χ2v) is 5.22. The fourth-order valence-corrected chi connectivity index (χ4v) is 2.65. The Morgan fingerprint density at radius 3 is 2.91 bits per heavy atom. The number of ether oxygens (including phenoxy) is 3. The second-order valence-electron chi connectivity index (χ2n) is 5.22. The van der Waals surface area contributed by atoms with Crippen LogP contribution in [0.4, 0.5) is 0 Å². The molecule has 0 unspecified atom stereocenters. The van der Waals surface area contributed by atoms with Gasteiger partial charge in [0.2, 0.25) is 5.75 Å². The molecule has 0 saturated carbocycles. The molecule has 6 nitrogen and oxygen atoms in total. The van der Waals surface area contributed by atoms with Crippen LogP contribution >= 0.6 is 12.4 Å². The molecule has 7 heteroatoms. The highest BCUT2D eigenvalue weighted by molar-refractivity contribution is 5.95. The van der Waals surface area contributed by atoms with Crippen LogP contribution in [-0.2, 0) is 0 Å². The first kappa shape index (κ1) is 16.7. The molecule has 0 aliphatic carbocycles. The molecule has 3 rings (SSSR count). The maximum absolute atomic E-state index is 12.4. The number of amides is 1. The van der Waals surface area contributed by atoms with E-state index >= 15 is 0 Å². The molecule has 1 atom stereocenters. The number of nitrogens with one attached hydrogen (secondary N) is 2. The van der Waals surface area contributed by atoms with E-state index in [0.29, 0.717) is 36.0 Å². The molecule has 2 aliphatic heterocycles. The highest BCUT2D eigenvalue weighted by Gasteiger charge is 2.22. The third-order valence-electron chi connectivity index (χ3n) is 3.72. The monoisotopic (exact) mass is 328 g/mol. The molecular weight excluding hydrogens is 308 g/mol. The number of hydrogen-bond donors (Lipinski definition) is 2. The zero-order chi connectivity index (χ0) is 14.7. The standard InChI is InChI=1S/C15H20N2O4.ClH/c1-19-12-7-10(8-13-14(12)21-6-5-20-13)15(18)17-11-3-2-4-16-9-11;/h7-8,11,16H,2-6,9H2,1H3,(H,17,18);1H/t11-;/m0./s1. The maximum Gasteiger partial charge on any atom is 0.251 e. The molecule has 122 valence electrons. The first-order valence-electron chi connectivity index (χ1n) is 7.27. The molecule has 0 radical (unpaired) electrons. The maximum atomic E-state index is 12.4. The van der Waals surface area contributed by atoms with Gasteiger partial charge in [-0.3, -0.25) is 4.79 Å². The van der Waals surface area contributed by atoms with E-state index in [1.54, 1.807) is 19.2 Å². The van der Waals surface area contributed by atoms with Crippen molar-refractivity contribution in [1.82, 2.24) is 10.6 Å². The molecule has 2 N–H and O–H groups in total. The van der Waals surface area contributed by atoms with E-state index in [4.69, 9.17) is 14.2 Å². The summed E-state index contributed by atoms with van der Waals surface area (Å²) in [5.74, 6) is 1.55. The minimum Gasteiger partial charge on any atom is -0.493 e. The van der Waals surface area contributed by atoms with E-state index in [1.165, 1.54) is 0 Å². The Kier molecular flexibility index (Phi) is 5.74. The normalized spacial score (nSPS) is 19.8. The van der Waals surface area contributed by atoms with Crippen LogP contribution in [-0.4, -0.2) is 45.4 Å². The quantitative estimate of drug-likeness (QED) is 0.877. The number of fused-ring (bicyclic) bond motifs is 1. The summed E-state index contributed by atoms with van der Waals surface area (Å²) in [4.78, 5) is 12.4. The third kappa shape index (κ3) is 3.56. The number of methoxy groups -OCH3 is 1. The Hall–Kier alpha value is -1.66. The number of benzene rings is 1. The minimum atomic E-state index is -0.112. The summed E-state index contributed by atoms with van der Waals surface area (Å²) in [6, 6.07) is 3.58. The van der Waals surface area contributed by atoms with E-state index in [2.05, 4.69) is 10.6 Å². The molecule has 1 fully saturated rings. The van der Waals surface area contributed by atoms with Crippen molar-refractivity contribution in [2.45, 2.75) is 18.9 Å². The molecule has 1 saturated heterocycles. The van der Waals surface area contributed by atoms with Gasteiger partial charge in [0.05, 0.1) is 7.11 Å². The van der Waals surface area contributed by atoms with Crippen molar-refractivity contribution in [3.63, 3.8) is 0 Å². The third-order valence-corrected chi connectivity index (χ3v) is 3.72. The average molecular weight is 329 g/mol. The van der Waals surface area contributed by atoms with Gasteiger partial charge in [-0.25, -0.2) is 0 Å². The Labute approximate surface area is 135 Å². The van der Waals surface area contributed by atoms with Crippen LogP contribution in [0.15, 0.2) is 12.1 Å². The van der Waals surface area contributed by atoms with E-state index in [1.807, 2.05) is 0 Å². The Balaban J connectivity index is 0.00000176. The lowest BCUT2D eigenvalue weighted by atomic mass is 10.1. The van der Waals surface area contributed by atoms with Crippen LogP contribution in [0, 0.1) is 0 Å². The molecule has 2 aliphatic rings. The van der Waals surface area contributed by atoms with Crippen LogP contribution in [0.25, 0.3) is 0 Å². The Morgan fingerprint density at radius 1 is 1.36 bits per heavy atom. The SMILES string of the molecule is COc1cc(C(=O)N[C@H]2CCCNC2)cc2c1OCCO2.Cl. The van der Waals surface area contributed by atoms with Gasteiger partial charge in [-0.2, -0.15) is 0 Å². The minimum absolute atomic E-state index is 0. The van der Waals surface area contributed by atoms with Crippen LogP contribution in [0.2, 0.25) is 0 Å². The zero-order valence-electron chi connectivity index (χ0n) is 12.5. The lowest BCUT2D eigenvalue weighted by molar-refractivity contribution is 0.0928. The molecule has 22 heavy (non-hydrogen) atoms. The Morgan fingerprint density at radius 2 is 2.18 bits per heavy atom. The fraction of sp³-hybridized carbons (Fsp3) is 0.533. The van der Waals surface area contributed by atoms with Crippen molar-refractivity contribution < 1.29 is 19.0 Å². The van der Waals surface area contributed by atoms with Gasteiger partial charge >= 0.3 is 0 Å². The van der Waals surface area contributed by atoms with Crippen LogP contribution < -0.4 is 24.8 Å². The van der Waals surface area contributed by atoms with Gasteiger partial charge in [0, 0.05) is 18.2 Å². The zero-order valence-corrected chi connectivity index (χ0v) is 13.3. The molecular formula is C15H21ClN2O4. The number of carbonyl (C=O) groups excluding carboxylic acids is 1. The van der Waals surface area contributed by atoms with E-state index in [9.17, 15) is 4.79 Å². The molecule has 1 aromatic carbocycles. The molecule has 0 spiro atoms. The number of halogens is 1. The summed E-state index contributed by atoms with van der Waals surface area (Å²) in [5.41, 5.74) is 0.529. The Bertz CT molecular complexity index is 515. The number of hydrogen-bond acceptors (Lipinski definition) is 5. The van der Waals surface area contributed by atoms with Gasteiger partial charge in [-0.05, 0) is 31.5 Å². The van der Waals surface area contributed by atoms with Crippen molar-refractivity contribution in [2.24, 2.45) is 0 Å². The topological polar surface area (TPSA) is 68.8 Å². The van der Waals surface area contributed by atoms with E-state index in [0.717, 1.165) is 25.9 Å². The molecule has 2 heterocycles. The summed E-state index contributed by atoms with van der Waals surface area (Å²) in [5, 5.41) is 6.32. The van der Waals surface area contributed by atoms with Crippen LogP contribution in [0.3, 0.4) is 0 Å². The van der Waals surface area contributed by atoms with Crippen LogP contribution in [0.5, 0.6) is 17.2 Å². The van der Waals surface area contributed by atoms with Crippen molar-refractivity contribution >= 4 is 18.3 Å². The average Bonchev–Trinajstić information content (AvgIpc) is 2.54. The molecule has 0 bridgehead atoms. The smallest absolute Gasteiger partial charge is 0.251 e. The van der Waals surface area contributed by atoms with Gasteiger partial charge in [0.1, 0.15) is 13.2 Å². The van der Waals surface area contributed by atoms with Gasteiger partial charge in [0.15, 0.2) is 11.5 Å². The van der Waals surface area contributed by atoms with Crippen molar-refractivity contribution in [1.29, 1.82) is 0 Å². The molecule has 1 amide bonds. The summed E-state index contributed by atoms with van der Waals surface area (Å²) in [6.07, 6.45) is 2.08. The van der Waals surface area contributed by atoms with Gasteiger partial charge in [0.25, 0.3) is 5.91 Å². The van der Waals surface area contributed by atoms with Crippen molar-refractivity contribution in [3.05, 3.63) is 17.7 Å². The summed E-state index contributed by atoms with van der Waals surface area (Å²) >= 11 is 0. The van der Waals surface area contributed by atoms with E-state index in [-0.39, 0.29) is 24.4 Å². The summed E-state index contributed by atoms with van der Waals surface area (Å²) in [6.45, 7) is 2.80. The summed E-state index contributed by atoms with van der Waals surface area (Å²) in [7, 11) is 1.56. The first-order valence-corrected chi connectivity index (χ1v) is 7.27. The predicted molar refractivity (Wildman–Crippen MR) is 84.6 cm³/mol. The summed E-state index contributed by atoms with van der Waals surface area (Å²) < 4.78 is 16.4. The number of rotatable bonds is 3. The van der Waals surface area contributed by atoms with Crippen molar-refractivity contribution in [2.75, 3.05) is 33.4 Å². The highest BCUT2D eigenvalue weighted by Crippen LogP contribution is 2.40. The molecule has 0 aromatic heterocycles. The second kappa shape index (κ2) is 7.56. The van der Waals surface area contributed by atoms with Crippen LogP contribution in [0.1, 0.15) is 23.2 Å². The van der Waals surface area contributed by atoms with Gasteiger partial charge in [-0.15, -0.1) is 12.4 Å². The predicted octanol–water partition coefficient (Wildman–Crippen LogP) is 1.37. The first-order chi connectivity index (χ1) is 10.3. The van der Waals surface area contributed by atoms with E-state index < -0.39 is 0 Å².